The van der Waals surface area contributed by atoms with Gasteiger partial charge in [0.15, 0.2) is 0 Å². The van der Waals surface area contributed by atoms with E-state index in [1.807, 2.05) is 12.2 Å². The Hall–Kier alpha value is -1.74. The van der Waals surface area contributed by atoms with Crippen LogP contribution >= 0.6 is 0 Å². The molecular formula is C16H20O3. The van der Waals surface area contributed by atoms with E-state index in [0.717, 1.165) is 12.8 Å². The Bertz CT molecular complexity index is 436. The smallest absolute Gasteiger partial charge is 0.126 e. The van der Waals surface area contributed by atoms with Gasteiger partial charge in [0.1, 0.15) is 11.5 Å². The zero-order valence-electron chi connectivity index (χ0n) is 11.2. The Kier molecular flexibility index (Phi) is 4.63. The maximum Gasteiger partial charge on any atom is 0.126 e. The van der Waals surface area contributed by atoms with Crippen molar-refractivity contribution in [3.05, 3.63) is 49.3 Å². The number of phenolic OH excluding ortho intramolecular Hbond substituents is 1. The van der Waals surface area contributed by atoms with Crippen LogP contribution in [0.15, 0.2) is 49.3 Å². The van der Waals surface area contributed by atoms with Crippen molar-refractivity contribution in [1.29, 1.82) is 0 Å². The van der Waals surface area contributed by atoms with Gasteiger partial charge in [-0.05, 0) is 49.1 Å². The average molecular weight is 260 g/mol. The number of phenols is 1. The van der Waals surface area contributed by atoms with Crippen molar-refractivity contribution in [1.82, 2.24) is 0 Å². The molecule has 1 heterocycles. The normalized spacial score (nSPS) is 27.3. The summed E-state index contributed by atoms with van der Waals surface area (Å²) in [5, 5.41) is 9.17. The van der Waals surface area contributed by atoms with Crippen molar-refractivity contribution in [3.63, 3.8) is 0 Å². The second-order valence-corrected chi connectivity index (χ2v) is 4.97. The standard InChI is InChI=1S/C16H20O3/c1-3-14-10-12(2)11-16(19-14)8-9-18-15-6-4-13(17)5-7-15/h3-9,12,14,16-17H,1,10-11H2,2H3/b9-8-/t12-,14-,16+/m1/s1. The lowest BCUT2D eigenvalue weighted by Gasteiger charge is -2.30. The van der Waals surface area contributed by atoms with Gasteiger partial charge in [0, 0.05) is 0 Å². The monoisotopic (exact) mass is 260 g/mol. The van der Waals surface area contributed by atoms with Crippen LogP contribution in [0.5, 0.6) is 11.5 Å². The molecule has 0 unspecified atom stereocenters. The van der Waals surface area contributed by atoms with Gasteiger partial charge in [-0.3, -0.25) is 0 Å². The molecule has 3 heteroatoms. The van der Waals surface area contributed by atoms with Crippen LogP contribution in [0, 0.1) is 5.92 Å². The third kappa shape index (κ3) is 4.14. The van der Waals surface area contributed by atoms with Crippen LogP contribution in [0.3, 0.4) is 0 Å². The van der Waals surface area contributed by atoms with Crippen LogP contribution < -0.4 is 4.74 Å². The van der Waals surface area contributed by atoms with Crippen molar-refractivity contribution < 1.29 is 14.6 Å². The van der Waals surface area contributed by atoms with Crippen LogP contribution in [0.1, 0.15) is 19.8 Å². The predicted molar refractivity (Wildman–Crippen MR) is 75.1 cm³/mol. The number of benzene rings is 1. The van der Waals surface area contributed by atoms with Gasteiger partial charge < -0.3 is 14.6 Å². The van der Waals surface area contributed by atoms with Crippen LogP contribution in [0.2, 0.25) is 0 Å². The quantitative estimate of drug-likeness (QED) is 0.663. The Morgan fingerprint density at radius 2 is 1.95 bits per heavy atom. The van der Waals surface area contributed by atoms with Gasteiger partial charge in [0.2, 0.25) is 0 Å². The molecule has 1 fully saturated rings. The highest BCUT2D eigenvalue weighted by atomic mass is 16.5. The highest BCUT2D eigenvalue weighted by Crippen LogP contribution is 2.26. The zero-order chi connectivity index (χ0) is 13.7. The maximum absolute atomic E-state index is 9.17. The lowest BCUT2D eigenvalue weighted by atomic mass is 9.93. The predicted octanol–water partition coefficient (Wildman–Crippen LogP) is 3.65. The zero-order valence-corrected chi connectivity index (χ0v) is 11.2. The molecule has 1 aromatic carbocycles. The van der Waals surface area contributed by atoms with E-state index in [2.05, 4.69) is 13.5 Å². The molecule has 1 aromatic rings. The molecule has 0 amide bonds. The number of rotatable bonds is 4. The van der Waals surface area contributed by atoms with Gasteiger partial charge in [0.25, 0.3) is 0 Å². The van der Waals surface area contributed by atoms with Crippen molar-refractivity contribution in [2.75, 3.05) is 0 Å². The van der Waals surface area contributed by atoms with Crippen molar-refractivity contribution in [2.24, 2.45) is 5.92 Å². The molecule has 19 heavy (non-hydrogen) atoms. The van der Waals surface area contributed by atoms with E-state index in [0.29, 0.717) is 11.7 Å². The van der Waals surface area contributed by atoms with Crippen LogP contribution in [-0.2, 0) is 4.74 Å². The molecule has 3 atom stereocenters. The Labute approximate surface area is 114 Å². The molecule has 0 bridgehead atoms. The van der Waals surface area contributed by atoms with Gasteiger partial charge in [-0.1, -0.05) is 13.0 Å². The lowest BCUT2D eigenvalue weighted by Crippen LogP contribution is -2.29. The fourth-order valence-electron chi connectivity index (χ4n) is 2.23. The van der Waals surface area contributed by atoms with E-state index in [4.69, 9.17) is 14.6 Å². The fourth-order valence-corrected chi connectivity index (χ4v) is 2.23. The first kappa shape index (κ1) is 13.7. The molecule has 1 saturated heterocycles. The molecule has 1 aliphatic heterocycles. The van der Waals surface area contributed by atoms with Crippen LogP contribution in [0.4, 0.5) is 0 Å². The third-order valence-corrected chi connectivity index (χ3v) is 3.22. The van der Waals surface area contributed by atoms with Crippen molar-refractivity contribution in [3.8, 4) is 11.5 Å². The first-order valence-electron chi connectivity index (χ1n) is 6.57. The van der Waals surface area contributed by atoms with Gasteiger partial charge in [-0.25, -0.2) is 0 Å². The summed E-state index contributed by atoms with van der Waals surface area (Å²) in [5.74, 6) is 1.55. The van der Waals surface area contributed by atoms with Crippen molar-refractivity contribution in [2.45, 2.75) is 32.0 Å². The summed E-state index contributed by atoms with van der Waals surface area (Å²) in [6, 6.07) is 6.62. The SMILES string of the molecule is C=C[C@@H]1C[C@@H](C)C[C@H](/C=C\Oc2ccc(O)cc2)O1. The summed E-state index contributed by atoms with van der Waals surface area (Å²) in [7, 11) is 0. The number of hydrogen-bond donors (Lipinski definition) is 1. The summed E-state index contributed by atoms with van der Waals surface area (Å²) in [5.41, 5.74) is 0. The minimum Gasteiger partial charge on any atom is -0.508 e. The summed E-state index contributed by atoms with van der Waals surface area (Å²) < 4.78 is 11.3. The Morgan fingerprint density at radius 3 is 2.63 bits per heavy atom. The van der Waals surface area contributed by atoms with Gasteiger partial charge in [-0.2, -0.15) is 0 Å². The molecule has 0 aliphatic carbocycles. The van der Waals surface area contributed by atoms with E-state index in [-0.39, 0.29) is 18.0 Å². The molecule has 1 N–H and O–H groups in total. The molecule has 0 aromatic heterocycles. The maximum atomic E-state index is 9.17. The topological polar surface area (TPSA) is 38.7 Å². The van der Waals surface area contributed by atoms with Crippen molar-refractivity contribution >= 4 is 0 Å². The molecule has 2 rings (SSSR count). The summed E-state index contributed by atoms with van der Waals surface area (Å²) >= 11 is 0. The summed E-state index contributed by atoms with van der Waals surface area (Å²) in [6.07, 6.45) is 7.67. The molecule has 0 saturated carbocycles. The van der Waals surface area contributed by atoms with E-state index < -0.39 is 0 Å². The molecule has 1 aliphatic rings. The second-order valence-electron chi connectivity index (χ2n) is 4.97. The highest BCUT2D eigenvalue weighted by Gasteiger charge is 2.23. The first-order valence-corrected chi connectivity index (χ1v) is 6.57. The molecular weight excluding hydrogens is 240 g/mol. The van der Waals surface area contributed by atoms with Gasteiger partial charge in [0.05, 0.1) is 18.5 Å². The summed E-state index contributed by atoms with van der Waals surface area (Å²) in [6.45, 7) is 6.01. The first-order chi connectivity index (χ1) is 9.17. The summed E-state index contributed by atoms with van der Waals surface area (Å²) in [4.78, 5) is 0. The Balaban J connectivity index is 1.87. The van der Waals surface area contributed by atoms with E-state index in [1.165, 1.54) is 0 Å². The van der Waals surface area contributed by atoms with E-state index in [1.54, 1.807) is 30.5 Å². The van der Waals surface area contributed by atoms with E-state index >= 15 is 0 Å². The number of hydrogen-bond acceptors (Lipinski definition) is 3. The molecule has 3 nitrogen and oxygen atoms in total. The third-order valence-electron chi connectivity index (χ3n) is 3.22. The lowest BCUT2D eigenvalue weighted by molar-refractivity contribution is -0.0193. The van der Waals surface area contributed by atoms with Gasteiger partial charge in [-0.15, -0.1) is 6.58 Å². The average Bonchev–Trinajstić information content (AvgIpc) is 2.40. The fraction of sp³-hybridized carbons (Fsp3) is 0.375. The number of ether oxygens (including phenoxy) is 2. The van der Waals surface area contributed by atoms with Gasteiger partial charge >= 0.3 is 0 Å². The number of aromatic hydroxyl groups is 1. The highest BCUT2D eigenvalue weighted by molar-refractivity contribution is 5.30. The second kappa shape index (κ2) is 6.43. The molecule has 102 valence electrons. The van der Waals surface area contributed by atoms with Crippen LogP contribution in [-0.4, -0.2) is 17.3 Å². The van der Waals surface area contributed by atoms with Crippen LogP contribution in [0.25, 0.3) is 0 Å². The largest absolute Gasteiger partial charge is 0.508 e. The minimum atomic E-state index is 0.0730. The molecule has 0 radical (unpaired) electrons. The Morgan fingerprint density at radius 1 is 1.26 bits per heavy atom. The van der Waals surface area contributed by atoms with E-state index in [9.17, 15) is 0 Å². The minimum absolute atomic E-state index is 0.0730. The molecule has 0 spiro atoms.